The number of carboxylic acid groups (broad SMARTS) is 1. The Labute approximate surface area is 144 Å². The van der Waals surface area contributed by atoms with Crippen molar-refractivity contribution in [2.75, 3.05) is 11.9 Å². The van der Waals surface area contributed by atoms with Gasteiger partial charge in [-0.25, -0.2) is 4.79 Å². The molecule has 0 spiro atoms. The van der Waals surface area contributed by atoms with Crippen molar-refractivity contribution in [1.82, 2.24) is 0 Å². The molecule has 0 radical (unpaired) electrons. The highest BCUT2D eigenvalue weighted by Crippen LogP contribution is 2.35. The zero-order valence-electron chi connectivity index (χ0n) is 13.2. The van der Waals surface area contributed by atoms with E-state index in [0.29, 0.717) is 21.9 Å². The van der Waals surface area contributed by atoms with E-state index in [1.807, 2.05) is 18.2 Å². The lowest BCUT2D eigenvalue weighted by molar-refractivity contribution is 0.0700. The maximum absolute atomic E-state index is 12.6. The number of benzene rings is 1. The second-order valence-corrected chi connectivity index (χ2v) is 6.88. The van der Waals surface area contributed by atoms with E-state index in [4.69, 9.17) is 5.11 Å². The highest BCUT2D eigenvalue weighted by atomic mass is 32.1. The van der Waals surface area contributed by atoms with Crippen molar-refractivity contribution in [3.05, 3.63) is 50.7 Å². The van der Waals surface area contributed by atoms with E-state index in [9.17, 15) is 14.7 Å². The fourth-order valence-electron chi connectivity index (χ4n) is 3.11. The Hall–Kier alpha value is -2.18. The molecule has 1 heterocycles. The van der Waals surface area contributed by atoms with E-state index in [0.717, 1.165) is 53.7 Å². The van der Waals surface area contributed by atoms with E-state index < -0.39 is 5.97 Å². The van der Waals surface area contributed by atoms with Crippen LogP contribution in [0.5, 0.6) is 0 Å². The summed E-state index contributed by atoms with van der Waals surface area (Å²) in [5, 5.41) is 21.2. The first-order chi connectivity index (χ1) is 11.6. The van der Waals surface area contributed by atoms with Crippen LogP contribution in [0.4, 0.5) is 5.69 Å². The second kappa shape index (κ2) is 7.15. The van der Waals surface area contributed by atoms with Crippen molar-refractivity contribution in [2.45, 2.75) is 32.1 Å². The number of carboxylic acids is 1. The summed E-state index contributed by atoms with van der Waals surface area (Å²) >= 11 is 1.07. The molecule has 0 aliphatic heterocycles. The predicted molar refractivity (Wildman–Crippen MR) is 93.1 cm³/mol. The van der Waals surface area contributed by atoms with Crippen LogP contribution in [0.2, 0.25) is 0 Å². The van der Waals surface area contributed by atoms with Crippen LogP contribution in [0.3, 0.4) is 0 Å². The van der Waals surface area contributed by atoms with Gasteiger partial charge in [0.25, 0.3) is 5.91 Å². The van der Waals surface area contributed by atoms with E-state index in [-0.39, 0.29) is 12.5 Å². The summed E-state index contributed by atoms with van der Waals surface area (Å²) in [4.78, 5) is 24.9. The largest absolute Gasteiger partial charge is 0.477 e. The number of thiophene rings is 1. The molecule has 0 fully saturated rings. The molecule has 0 unspecified atom stereocenters. The van der Waals surface area contributed by atoms with Crippen LogP contribution in [0.25, 0.3) is 0 Å². The third-order valence-electron chi connectivity index (χ3n) is 4.21. The van der Waals surface area contributed by atoms with Crippen molar-refractivity contribution in [1.29, 1.82) is 0 Å². The third-order valence-corrected chi connectivity index (χ3v) is 5.47. The van der Waals surface area contributed by atoms with Gasteiger partial charge in [0.2, 0.25) is 0 Å². The molecule has 126 valence electrons. The van der Waals surface area contributed by atoms with Gasteiger partial charge in [0.1, 0.15) is 4.88 Å². The first kappa shape index (κ1) is 16.7. The SMILES string of the molecule is O=C(O)c1sc(C(=O)Nc2cccc(CCO)c2)c2c1CCCC2. The van der Waals surface area contributed by atoms with Gasteiger partial charge in [-0.3, -0.25) is 4.79 Å². The van der Waals surface area contributed by atoms with Gasteiger partial charge in [-0.1, -0.05) is 12.1 Å². The normalized spacial score (nSPS) is 13.4. The summed E-state index contributed by atoms with van der Waals surface area (Å²) in [6, 6.07) is 7.33. The molecule has 1 amide bonds. The molecule has 6 heteroatoms. The lowest BCUT2D eigenvalue weighted by atomic mass is 9.92. The van der Waals surface area contributed by atoms with Crippen LogP contribution >= 0.6 is 11.3 Å². The van der Waals surface area contributed by atoms with E-state index in [1.165, 1.54) is 0 Å². The summed E-state index contributed by atoms with van der Waals surface area (Å²) in [5.41, 5.74) is 3.32. The average Bonchev–Trinajstić information content (AvgIpc) is 2.95. The number of amides is 1. The van der Waals surface area contributed by atoms with Gasteiger partial charge in [-0.2, -0.15) is 0 Å². The molecule has 1 aliphatic rings. The van der Waals surface area contributed by atoms with Crippen LogP contribution < -0.4 is 5.32 Å². The molecule has 3 rings (SSSR count). The molecule has 0 saturated heterocycles. The molecule has 5 nitrogen and oxygen atoms in total. The molecule has 24 heavy (non-hydrogen) atoms. The van der Waals surface area contributed by atoms with Crippen LogP contribution in [0.1, 0.15) is 48.9 Å². The van der Waals surface area contributed by atoms with Gasteiger partial charge in [0.15, 0.2) is 0 Å². The van der Waals surface area contributed by atoms with E-state index >= 15 is 0 Å². The van der Waals surface area contributed by atoms with Gasteiger partial charge in [-0.15, -0.1) is 11.3 Å². The molecule has 0 atom stereocenters. The smallest absolute Gasteiger partial charge is 0.346 e. The molecule has 2 aromatic rings. The van der Waals surface area contributed by atoms with Gasteiger partial charge >= 0.3 is 5.97 Å². The Morgan fingerprint density at radius 2 is 1.83 bits per heavy atom. The maximum atomic E-state index is 12.6. The van der Waals surface area contributed by atoms with Crippen molar-refractivity contribution >= 4 is 28.9 Å². The van der Waals surface area contributed by atoms with Gasteiger partial charge in [0.05, 0.1) is 4.88 Å². The maximum Gasteiger partial charge on any atom is 0.346 e. The minimum Gasteiger partial charge on any atom is -0.477 e. The highest BCUT2D eigenvalue weighted by molar-refractivity contribution is 7.16. The molecule has 1 aromatic carbocycles. The molecule has 1 aromatic heterocycles. The number of anilines is 1. The number of rotatable bonds is 5. The lowest BCUT2D eigenvalue weighted by Crippen LogP contribution is -2.14. The number of carbonyl (C=O) groups excluding carboxylic acids is 1. The summed E-state index contributed by atoms with van der Waals surface area (Å²) in [7, 11) is 0. The number of aliphatic hydroxyl groups is 1. The summed E-state index contributed by atoms with van der Waals surface area (Å²) in [6.07, 6.45) is 3.96. The Balaban J connectivity index is 1.88. The molecule has 0 bridgehead atoms. The van der Waals surface area contributed by atoms with Crippen LogP contribution in [0, 0.1) is 0 Å². The molecule has 0 saturated carbocycles. The second-order valence-electron chi connectivity index (χ2n) is 5.86. The van der Waals surface area contributed by atoms with E-state index in [1.54, 1.807) is 6.07 Å². The van der Waals surface area contributed by atoms with E-state index in [2.05, 4.69) is 5.32 Å². The van der Waals surface area contributed by atoms with Gasteiger partial charge in [-0.05, 0) is 60.9 Å². The first-order valence-corrected chi connectivity index (χ1v) is 8.80. The van der Waals surface area contributed by atoms with Gasteiger partial charge < -0.3 is 15.5 Å². The Morgan fingerprint density at radius 3 is 2.50 bits per heavy atom. The number of hydrogen-bond donors (Lipinski definition) is 3. The highest BCUT2D eigenvalue weighted by Gasteiger charge is 2.27. The monoisotopic (exact) mass is 345 g/mol. The Bertz CT molecular complexity index is 781. The molecular weight excluding hydrogens is 326 g/mol. The standard InChI is InChI=1S/C18H19NO4S/c20-9-8-11-4-3-5-12(10-11)19-17(21)15-13-6-1-2-7-14(13)16(24-15)18(22)23/h3-5,10,20H,1-2,6-9H2,(H,19,21)(H,22,23). The Morgan fingerprint density at radius 1 is 1.12 bits per heavy atom. The third kappa shape index (κ3) is 3.34. The zero-order valence-corrected chi connectivity index (χ0v) is 14.0. The molecule has 3 N–H and O–H groups in total. The number of carbonyl (C=O) groups is 2. The number of fused-ring (bicyclic) bond motifs is 1. The van der Waals surface area contributed by atoms with Crippen LogP contribution in [-0.4, -0.2) is 28.7 Å². The molecule has 1 aliphatic carbocycles. The minimum absolute atomic E-state index is 0.0534. The number of hydrogen-bond acceptors (Lipinski definition) is 4. The number of aliphatic hydroxyl groups excluding tert-OH is 1. The Kier molecular flexibility index (Phi) is 4.97. The van der Waals surface area contributed by atoms with Crippen LogP contribution in [0.15, 0.2) is 24.3 Å². The quantitative estimate of drug-likeness (QED) is 0.777. The topological polar surface area (TPSA) is 86.6 Å². The lowest BCUT2D eigenvalue weighted by Gasteiger charge is -2.13. The van der Waals surface area contributed by atoms with Crippen molar-refractivity contribution in [3.8, 4) is 0 Å². The average molecular weight is 345 g/mol. The van der Waals surface area contributed by atoms with Crippen molar-refractivity contribution in [3.63, 3.8) is 0 Å². The van der Waals surface area contributed by atoms with Crippen LogP contribution in [-0.2, 0) is 19.3 Å². The number of aromatic carboxylic acids is 1. The minimum atomic E-state index is -0.956. The number of nitrogens with one attached hydrogen (secondary N) is 1. The van der Waals surface area contributed by atoms with Crippen molar-refractivity contribution in [2.24, 2.45) is 0 Å². The van der Waals surface area contributed by atoms with Gasteiger partial charge in [0, 0.05) is 12.3 Å². The summed E-state index contributed by atoms with van der Waals surface area (Å²) < 4.78 is 0. The zero-order chi connectivity index (χ0) is 17.1. The summed E-state index contributed by atoms with van der Waals surface area (Å²) in [5.74, 6) is -1.21. The predicted octanol–water partition coefficient (Wildman–Crippen LogP) is 3.11. The fourth-order valence-corrected chi connectivity index (χ4v) is 4.24. The molecular formula is C18H19NO4S. The van der Waals surface area contributed by atoms with Crippen molar-refractivity contribution < 1.29 is 19.8 Å². The fraction of sp³-hybridized carbons (Fsp3) is 0.333. The summed E-state index contributed by atoms with van der Waals surface area (Å²) in [6.45, 7) is 0.0534. The first-order valence-electron chi connectivity index (χ1n) is 7.99.